The van der Waals surface area contributed by atoms with Crippen LogP contribution >= 0.6 is 11.6 Å². The van der Waals surface area contributed by atoms with Crippen molar-refractivity contribution in [1.82, 2.24) is 9.97 Å². The third kappa shape index (κ3) is 3.76. The summed E-state index contributed by atoms with van der Waals surface area (Å²) < 4.78 is 0. The number of H-pyrrole nitrogens is 1. The summed E-state index contributed by atoms with van der Waals surface area (Å²) in [5.74, 6) is 0.295. The van der Waals surface area contributed by atoms with Crippen molar-refractivity contribution in [3.8, 4) is 22.6 Å². The highest BCUT2D eigenvalue weighted by Gasteiger charge is 2.20. The van der Waals surface area contributed by atoms with Gasteiger partial charge in [0.25, 0.3) is 0 Å². The summed E-state index contributed by atoms with van der Waals surface area (Å²) in [5, 5.41) is 10.2. The van der Waals surface area contributed by atoms with Gasteiger partial charge in [-0.2, -0.15) is 0 Å². The quantitative estimate of drug-likeness (QED) is 0.626. The third-order valence-corrected chi connectivity index (χ3v) is 5.58. The first-order valence-electron chi connectivity index (χ1n) is 9.46. The molecule has 0 radical (unpaired) electrons. The van der Waals surface area contributed by atoms with Gasteiger partial charge in [-0.05, 0) is 55.2 Å². The van der Waals surface area contributed by atoms with Crippen molar-refractivity contribution in [2.24, 2.45) is 5.92 Å². The Bertz CT molecular complexity index is 972. The van der Waals surface area contributed by atoms with Gasteiger partial charge in [0.05, 0.1) is 0 Å². The van der Waals surface area contributed by atoms with Crippen LogP contribution in [0, 0.1) is 5.92 Å². The van der Waals surface area contributed by atoms with Gasteiger partial charge < -0.3 is 15.0 Å². The fourth-order valence-corrected chi connectivity index (χ4v) is 3.70. The molecule has 0 spiro atoms. The number of anilines is 1. The van der Waals surface area contributed by atoms with Gasteiger partial charge in [0, 0.05) is 34.9 Å². The van der Waals surface area contributed by atoms with Crippen molar-refractivity contribution in [2.45, 2.75) is 19.8 Å². The van der Waals surface area contributed by atoms with Crippen LogP contribution in [0.1, 0.15) is 30.3 Å². The first-order valence-corrected chi connectivity index (χ1v) is 9.83. The molecule has 28 heavy (non-hydrogen) atoms. The summed E-state index contributed by atoms with van der Waals surface area (Å²) in [6, 6.07) is 15.1. The summed E-state index contributed by atoms with van der Waals surface area (Å²) >= 11 is 5.94. The van der Waals surface area contributed by atoms with Gasteiger partial charge >= 0.3 is 5.97 Å². The van der Waals surface area contributed by atoms with E-state index in [1.54, 1.807) is 24.3 Å². The predicted octanol–water partition coefficient (Wildman–Crippen LogP) is 5.33. The summed E-state index contributed by atoms with van der Waals surface area (Å²) in [7, 11) is 0. The van der Waals surface area contributed by atoms with Gasteiger partial charge in [-0.15, -0.1) is 0 Å². The molecule has 0 amide bonds. The Morgan fingerprint density at radius 2 is 1.68 bits per heavy atom. The molecular weight excluding hydrogens is 374 g/mol. The topological polar surface area (TPSA) is 69.2 Å². The molecule has 2 aromatic carbocycles. The Morgan fingerprint density at radius 1 is 1.07 bits per heavy atom. The number of hydrogen-bond acceptors (Lipinski definition) is 3. The van der Waals surface area contributed by atoms with Crippen LogP contribution in [0.15, 0.2) is 48.5 Å². The molecule has 2 heterocycles. The predicted molar refractivity (Wildman–Crippen MR) is 112 cm³/mol. The fourth-order valence-electron chi connectivity index (χ4n) is 3.58. The number of halogens is 1. The lowest BCUT2D eigenvalue weighted by atomic mass is 9.98. The van der Waals surface area contributed by atoms with Crippen LogP contribution in [0.2, 0.25) is 5.02 Å². The highest BCUT2D eigenvalue weighted by molar-refractivity contribution is 6.30. The van der Waals surface area contributed by atoms with Crippen LogP contribution in [0.25, 0.3) is 22.6 Å². The molecule has 1 aromatic heterocycles. The third-order valence-electron chi connectivity index (χ3n) is 5.32. The minimum atomic E-state index is -1.04. The Balaban J connectivity index is 1.63. The summed E-state index contributed by atoms with van der Waals surface area (Å²) in [4.78, 5) is 21.6. The normalized spacial score (nSPS) is 15.0. The number of carboxylic acids is 1. The van der Waals surface area contributed by atoms with E-state index >= 15 is 0 Å². The standard InChI is InChI=1S/C22H22ClN3O2/c1-14-10-12-26(13-11-14)18-8-4-16(5-9-18)21-24-19(20(25-21)22(27)28)15-2-6-17(23)7-3-15/h2-9,14H,10-13H2,1H3,(H,24,25)(H,27,28). The molecule has 144 valence electrons. The van der Waals surface area contributed by atoms with E-state index in [-0.39, 0.29) is 5.69 Å². The maximum atomic E-state index is 11.7. The van der Waals surface area contributed by atoms with Crippen molar-refractivity contribution in [2.75, 3.05) is 18.0 Å². The molecule has 3 aromatic rings. The molecule has 0 aliphatic carbocycles. The number of piperidine rings is 1. The minimum Gasteiger partial charge on any atom is -0.477 e. The van der Waals surface area contributed by atoms with E-state index in [4.69, 9.17) is 11.6 Å². The van der Waals surface area contributed by atoms with E-state index in [9.17, 15) is 9.90 Å². The molecule has 0 saturated carbocycles. The summed E-state index contributed by atoms with van der Waals surface area (Å²) in [5.41, 5.74) is 3.25. The first kappa shape index (κ1) is 18.6. The summed E-state index contributed by atoms with van der Waals surface area (Å²) in [6.07, 6.45) is 2.43. The van der Waals surface area contributed by atoms with Crippen molar-refractivity contribution >= 4 is 23.3 Å². The molecule has 2 N–H and O–H groups in total. The number of benzene rings is 2. The molecule has 0 unspecified atom stereocenters. The summed E-state index contributed by atoms with van der Waals surface area (Å²) in [6.45, 7) is 4.45. The van der Waals surface area contributed by atoms with Gasteiger partial charge in [-0.25, -0.2) is 9.78 Å². The Hall–Kier alpha value is -2.79. The number of imidazole rings is 1. The highest BCUT2D eigenvalue weighted by Crippen LogP contribution is 2.29. The number of nitrogens with one attached hydrogen (secondary N) is 1. The lowest BCUT2D eigenvalue weighted by molar-refractivity contribution is 0.0692. The number of rotatable bonds is 4. The molecule has 4 rings (SSSR count). The van der Waals surface area contributed by atoms with Crippen LogP contribution in [0.5, 0.6) is 0 Å². The Kier molecular flexibility index (Phi) is 5.09. The largest absolute Gasteiger partial charge is 0.477 e. The Labute approximate surface area is 169 Å². The van der Waals surface area contributed by atoms with E-state index in [2.05, 4.69) is 33.9 Å². The number of aromatic nitrogens is 2. The molecule has 1 fully saturated rings. The van der Waals surface area contributed by atoms with Gasteiger partial charge in [0.2, 0.25) is 0 Å². The van der Waals surface area contributed by atoms with Crippen LogP contribution < -0.4 is 4.90 Å². The van der Waals surface area contributed by atoms with Crippen LogP contribution in [-0.4, -0.2) is 34.1 Å². The average molecular weight is 396 g/mol. The average Bonchev–Trinajstić information content (AvgIpc) is 3.15. The number of carbonyl (C=O) groups is 1. The zero-order chi connectivity index (χ0) is 19.7. The van der Waals surface area contributed by atoms with Crippen molar-refractivity contribution in [3.63, 3.8) is 0 Å². The maximum absolute atomic E-state index is 11.7. The first-order chi connectivity index (χ1) is 13.5. The highest BCUT2D eigenvalue weighted by atomic mass is 35.5. The number of carboxylic acid groups (broad SMARTS) is 1. The number of hydrogen-bond donors (Lipinski definition) is 2. The van der Waals surface area contributed by atoms with E-state index in [0.717, 1.165) is 24.6 Å². The van der Waals surface area contributed by atoms with E-state index < -0.39 is 5.97 Å². The van der Waals surface area contributed by atoms with Gasteiger partial charge in [-0.1, -0.05) is 30.7 Å². The second-order valence-electron chi connectivity index (χ2n) is 7.34. The fraction of sp³-hybridized carbons (Fsp3) is 0.273. The number of aromatic carboxylic acids is 1. The zero-order valence-corrected chi connectivity index (χ0v) is 16.4. The van der Waals surface area contributed by atoms with Crippen molar-refractivity contribution < 1.29 is 9.90 Å². The second-order valence-corrected chi connectivity index (χ2v) is 7.77. The lowest BCUT2D eigenvalue weighted by Gasteiger charge is -2.32. The van der Waals surface area contributed by atoms with Gasteiger partial charge in [-0.3, -0.25) is 0 Å². The molecule has 1 saturated heterocycles. The lowest BCUT2D eigenvalue weighted by Crippen LogP contribution is -2.32. The zero-order valence-electron chi connectivity index (χ0n) is 15.7. The number of aromatic amines is 1. The van der Waals surface area contributed by atoms with E-state index in [1.165, 1.54) is 18.5 Å². The van der Waals surface area contributed by atoms with Crippen molar-refractivity contribution in [3.05, 3.63) is 59.2 Å². The molecule has 6 heteroatoms. The maximum Gasteiger partial charge on any atom is 0.354 e. The van der Waals surface area contributed by atoms with E-state index in [1.807, 2.05) is 12.1 Å². The molecule has 1 aliphatic rings. The van der Waals surface area contributed by atoms with E-state index in [0.29, 0.717) is 22.1 Å². The molecule has 5 nitrogen and oxygen atoms in total. The second kappa shape index (κ2) is 7.68. The molecule has 0 atom stereocenters. The van der Waals surface area contributed by atoms with Crippen LogP contribution in [-0.2, 0) is 0 Å². The molecular formula is C22H22ClN3O2. The van der Waals surface area contributed by atoms with Crippen molar-refractivity contribution in [1.29, 1.82) is 0 Å². The molecule has 1 aliphatic heterocycles. The SMILES string of the molecule is CC1CCN(c2ccc(-c3nc(-c4ccc(Cl)cc4)c(C(=O)O)[nH]3)cc2)CC1. The minimum absolute atomic E-state index is 0.0754. The molecule has 0 bridgehead atoms. The monoisotopic (exact) mass is 395 g/mol. The van der Waals surface area contributed by atoms with Crippen LogP contribution in [0.4, 0.5) is 5.69 Å². The van der Waals surface area contributed by atoms with Crippen LogP contribution in [0.3, 0.4) is 0 Å². The smallest absolute Gasteiger partial charge is 0.354 e. The number of nitrogens with zero attached hydrogens (tertiary/aromatic N) is 2. The van der Waals surface area contributed by atoms with Gasteiger partial charge in [0.15, 0.2) is 5.69 Å². The van der Waals surface area contributed by atoms with Gasteiger partial charge in [0.1, 0.15) is 11.5 Å². The Morgan fingerprint density at radius 3 is 2.29 bits per heavy atom.